The summed E-state index contributed by atoms with van der Waals surface area (Å²) in [4.78, 5) is 19.8. The normalized spacial score (nSPS) is 22.3. The molecule has 104 valence electrons. The van der Waals surface area contributed by atoms with Crippen molar-refractivity contribution in [3.05, 3.63) is 11.1 Å². The number of oxime groups is 1. The summed E-state index contributed by atoms with van der Waals surface area (Å²) in [5, 5.41) is 14.2. The third kappa shape index (κ3) is 3.41. The molecule has 0 aromatic carbocycles. The van der Waals surface area contributed by atoms with Gasteiger partial charge in [0.05, 0.1) is 11.5 Å². The number of carboxylic acids is 1. The highest BCUT2D eigenvalue weighted by molar-refractivity contribution is 7.91. The molecule has 1 fully saturated rings. The van der Waals surface area contributed by atoms with Gasteiger partial charge in [-0.15, -0.1) is 11.3 Å². The van der Waals surface area contributed by atoms with Gasteiger partial charge in [0, 0.05) is 11.8 Å². The maximum Gasteiger partial charge on any atom is 0.360 e. The van der Waals surface area contributed by atoms with Gasteiger partial charge < -0.3 is 15.7 Å². The molecule has 2 heterocycles. The average Bonchev–Trinajstić information content (AvgIpc) is 2.85. The van der Waals surface area contributed by atoms with E-state index in [4.69, 9.17) is 15.7 Å². The molecule has 3 N–H and O–H groups in total. The van der Waals surface area contributed by atoms with E-state index in [0.29, 0.717) is 6.42 Å². The minimum Gasteiger partial charge on any atom is -0.476 e. The van der Waals surface area contributed by atoms with Gasteiger partial charge in [0.1, 0.15) is 11.8 Å². The molecule has 1 aliphatic rings. The number of thiazole rings is 1. The van der Waals surface area contributed by atoms with Crippen molar-refractivity contribution in [3.63, 3.8) is 0 Å². The van der Waals surface area contributed by atoms with E-state index in [0.717, 1.165) is 11.3 Å². The Balaban J connectivity index is 2.12. The van der Waals surface area contributed by atoms with Crippen LogP contribution in [-0.2, 0) is 19.5 Å². The van der Waals surface area contributed by atoms with Crippen LogP contribution in [0.4, 0.5) is 5.13 Å². The molecule has 1 unspecified atom stereocenters. The van der Waals surface area contributed by atoms with E-state index >= 15 is 0 Å². The quantitative estimate of drug-likeness (QED) is 0.577. The van der Waals surface area contributed by atoms with Gasteiger partial charge in [0.15, 0.2) is 15.0 Å². The minimum atomic E-state index is -3.10. The number of nitrogens with two attached hydrogens (primary N) is 1. The van der Waals surface area contributed by atoms with Gasteiger partial charge in [-0.05, 0) is 0 Å². The van der Waals surface area contributed by atoms with E-state index in [1.807, 2.05) is 0 Å². The fraction of sp³-hybridized carbons (Fsp3) is 0.444. The number of nitrogen functional groups attached to an aromatic ring is 1. The van der Waals surface area contributed by atoms with E-state index in [9.17, 15) is 13.2 Å². The van der Waals surface area contributed by atoms with Crippen LogP contribution in [0, 0.1) is 0 Å². The van der Waals surface area contributed by atoms with E-state index in [1.54, 1.807) is 0 Å². The number of anilines is 1. The summed E-state index contributed by atoms with van der Waals surface area (Å²) >= 11 is 1.08. The Bertz CT molecular complexity index is 622. The van der Waals surface area contributed by atoms with Gasteiger partial charge in [0.25, 0.3) is 0 Å². The Kier molecular flexibility index (Phi) is 3.71. The highest BCUT2D eigenvalue weighted by Gasteiger charge is 2.30. The van der Waals surface area contributed by atoms with Gasteiger partial charge in [-0.1, -0.05) is 5.16 Å². The third-order valence-corrected chi connectivity index (χ3v) is 4.86. The van der Waals surface area contributed by atoms with Gasteiger partial charge in [0.2, 0.25) is 5.71 Å². The summed E-state index contributed by atoms with van der Waals surface area (Å²) in [7, 11) is -3.10. The SMILES string of the molecule is Nc1nc(C(=NOC2CCS(=O)(=O)C2)C(=O)O)cs1. The molecule has 0 aliphatic carbocycles. The number of hydrogen-bond donors (Lipinski definition) is 2. The fourth-order valence-corrected chi connectivity index (χ4v) is 3.69. The molecule has 19 heavy (non-hydrogen) atoms. The molecule has 0 bridgehead atoms. The molecule has 1 atom stereocenters. The van der Waals surface area contributed by atoms with Crippen LogP contribution in [0.1, 0.15) is 12.1 Å². The Labute approximate surface area is 112 Å². The van der Waals surface area contributed by atoms with Crippen LogP contribution < -0.4 is 5.73 Å². The highest BCUT2D eigenvalue weighted by Crippen LogP contribution is 2.16. The van der Waals surface area contributed by atoms with Gasteiger partial charge >= 0.3 is 5.97 Å². The predicted octanol–water partition coefficient (Wildman–Crippen LogP) is -0.282. The molecule has 0 saturated carbocycles. The molecular formula is C9H11N3O5S2. The average molecular weight is 305 g/mol. The van der Waals surface area contributed by atoms with Crippen molar-refractivity contribution in [1.82, 2.24) is 4.98 Å². The molecule has 1 aromatic heterocycles. The summed E-state index contributed by atoms with van der Waals surface area (Å²) in [6, 6.07) is 0. The largest absolute Gasteiger partial charge is 0.476 e. The van der Waals surface area contributed by atoms with Crippen molar-refractivity contribution in [2.24, 2.45) is 5.16 Å². The van der Waals surface area contributed by atoms with E-state index in [1.165, 1.54) is 5.38 Å². The minimum absolute atomic E-state index is 0.0270. The van der Waals surface area contributed by atoms with Gasteiger partial charge in [-0.3, -0.25) is 0 Å². The third-order valence-electron chi connectivity index (χ3n) is 2.45. The Morgan fingerprint density at radius 2 is 2.37 bits per heavy atom. The van der Waals surface area contributed by atoms with Crippen molar-refractivity contribution in [2.45, 2.75) is 12.5 Å². The zero-order valence-electron chi connectivity index (χ0n) is 9.64. The van der Waals surface area contributed by atoms with Crippen LogP contribution in [-0.4, -0.2) is 47.8 Å². The molecule has 0 radical (unpaired) electrons. The first-order valence-electron chi connectivity index (χ1n) is 5.26. The zero-order valence-corrected chi connectivity index (χ0v) is 11.3. The van der Waals surface area contributed by atoms with Gasteiger partial charge in [-0.2, -0.15) is 0 Å². The lowest BCUT2D eigenvalue weighted by molar-refractivity contribution is -0.129. The van der Waals surface area contributed by atoms with E-state index in [2.05, 4.69) is 10.1 Å². The summed E-state index contributed by atoms with van der Waals surface area (Å²) in [6.45, 7) is 0. The second kappa shape index (κ2) is 5.13. The molecule has 1 aromatic rings. The second-order valence-electron chi connectivity index (χ2n) is 3.95. The lowest BCUT2D eigenvalue weighted by Gasteiger charge is -2.05. The van der Waals surface area contributed by atoms with Crippen LogP contribution >= 0.6 is 11.3 Å². The van der Waals surface area contributed by atoms with Crippen molar-refractivity contribution in [1.29, 1.82) is 0 Å². The fourth-order valence-electron chi connectivity index (χ4n) is 1.56. The summed E-state index contributed by atoms with van der Waals surface area (Å²) < 4.78 is 22.4. The zero-order chi connectivity index (χ0) is 14.0. The first-order valence-corrected chi connectivity index (χ1v) is 7.96. The van der Waals surface area contributed by atoms with Crippen LogP contribution in [0.15, 0.2) is 10.5 Å². The number of aromatic nitrogens is 1. The Morgan fingerprint density at radius 3 is 2.84 bits per heavy atom. The number of aliphatic carboxylic acids is 1. The Morgan fingerprint density at radius 1 is 1.63 bits per heavy atom. The summed E-state index contributed by atoms with van der Waals surface area (Å²) in [6.07, 6.45) is -0.312. The highest BCUT2D eigenvalue weighted by atomic mass is 32.2. The van der Waals surface area contributed by atoms with E-state index < -0.39 is 27.6 Å². The Hall–Kier alpha value is -1.68. The van der Waals surface area contributed by atoms with Crippen molar-refractivity contribution >= 4 is 38.0 Å². The number of carbonyl (C=O) groups is 1. The maximum absolute atomic E-state index is 11.2. The molecule has 1 saturated heterocycles. The van der Waals surface area contributed by atoms with Crippen LogP contribution in [0.25, 0.3) is 0 Å². The lowest BCUT2D eigenvalue weighted by atomic mass is 10.3. The lowest BCUT2D eigenvalue weighted by Crippen LogP contribution is -2.18. The summed E-state index contributed by atoms with van der Waals surface area (Å²) in [5.41, 5.74) is 5.11. The molecule has 0 amide bonds. The number of nitrogens with zero attached hydrogens (tertiary/aromatic N) is 2. The molecule has 8 nitrogen and oxygen atoms in total. The second-order valence-corrected chi connectivity index (χ2v) is 7.06. The monoisotopic (exact) mass is 305 g/mol. The smallest absolute Gasteiger partial charge is 0.360 e. The first kappa shape index (κ1) is 13.7. The van der Waals surface area contributed by atoms with E-state index in [-0.39, 0.29) is 22.3 Å². The number of sulfone groups is 1. The topological polar surface area (TPSA) is 132 Å². The maximum atomic E-state index is 11.2. The van der Waals surface area contributed by atoms with Crippen molar-refractivity contribution in [2.75, 3.05) is 17.2 Å². The van der Waals surface area contributed by atoms with Gasteiger partial charge in [-0.25, -0.2) is 18.2 Å². The number of carboxylic acid groups (broad SMARTS) is 1. The van der Waals surface area contributed by atoms with Crippen molar-refractivity contribution < 1.29 is 23.2 Å². The standard InChI is InChI=1S/C9H11N3O5S2/c10-9-11-6(3-18-9)7(8(13)14)12-17-5-1-2-19(15,16)4-5/h3,5H,1-2,4H2,(H2,10,11)(H,13,14). The predicted molar refractivity (Wildman–Crippen MR) is 68.8 cm³/mol. The van der Waals surface area contributed by atoms with Crippen molar-refractivity contribution in [3.8, 4) is 0 Å². The molecular weight excluding hydrogens is 294 g/mol. The molecule has 1 aliphatic heterocycles. The molecule has 2 rings (SSSR count). The van der Waals surface area contributed by atoms with Crippen LogP contribution in [0.2, 0.25) is 0 Å². The molecule has 10 heteroatoms. The number of rotatable bonds is 4. The first-order chi connectivity index (χ1) is 8.87. The molecule has 0 spiro atoms. The number of hydrogen-bond acceptors (Lipinski definition) is 8. The van der Waals surface area contributed by atoms with Crippen LogP contribution in [0.3, 0.4) is 0 Å². The van der Waals surface area contributed by atoms with Crippen LogP contribution in [0.5, 0.6) is 0 Å². The summed E-state index contributed by atoms with van der Waals surface area (Å²) in [5.74, 6) is -1.44.